The van der Waals surface area contributed by atoms with Gasteiger partial charge >= 0.3 is 0 Å². The Morgan fingerprint density at radius 1 is 1.00 bits per heavy atom. The molecule has 4 heteroatoms. The third kappa shape index (κ3) is 4.62. The van der Waals surface area contributed by atoms with Crippen LogP contribution in [0.1, 0.15) is 80.4 Å². The Morgan fingerprint density at radius 3 is 2.31 bits per heavy atom. The van der Waals surface area contributed by atoms with E-state index in [1.54, 1.807) is 0 Å². The van der Waals surface area contributed by atoms with E-state index >= 15 is 0 Å². The van der Waals surface area contributed by atoms with Crippen molar-refractivity contribution in [3.05, 3.63) is 63.9 Å². The Kier molecular flexibility index (Phi) is 6.63. The van der Waals surface area contributed by atoms with Crippen LogP contribution in [0.3, 0.4) is 0 Å². The maximum absolute atomic E-state index is 13.5. The number of hydrogen-bond donors (Lipinski definition) is 0. The third-order valence-electron chi connectivity index (χ3n) is 5.60. The molecule has 1 aliphatic carbocycles. The maximum Gasteiger partial charge on any atom is 0.250 e. The summed E-state index contributed by atoms with van der Waals surface area (Å²) in [5.74, 6) is -1.33. The molecule has 1 fully saturated rings. The average molecular weight is 378 g/mol. The van der Waals surface area contributed by atoms with Gasteiger partial charge in [-0.25, -0.2) is 9.37 Å². The Bertz CT molecular complexity index is 722. The largest absolute Gasteiger partial charge is 0.250 e. The number of hydrogen-bond acceptors (Lipinski definition) is 1. The smallest absolute Gasteiger partial charge is 0.205 e. The predicted molar refractivity (Wildman–Crippen MR) is 103 cm³/mol. The lowest BCUT2D eigenvalue weighted by atomic mass is 9.76. The van der Waals surface area contributed by atoms with E-state index in [2.05, 4.69) is 36.2 Å². The molecule has 140 valence electrons. The summed E-state index contributed by atoms with van der Waals surface area (Å²) in [6.07, 6.45) is 8.87. The molecule has 0 aliphatic heterocycles. The van der Waals surface area contributed by atoms with Gasteiger partial charge in [-0.3, -0.25) is 0 Å². The molecule has 0 radical (unpaired) electrons. The summed E-state index contributed by atoms with van der Waals surface area (Å²) < 4.78 is 26.7. The molecule has 26 heavy (non-hydrogen) atoms. The summed E-state index contributed by atoms with van der Waals surface area (Å²) in [7, 11) is 0. The van der Waals surface area contributed by atoms with Gasteiger partial charge in [0.2, 0.25) is 5.95 Å². The number of pyridine rings is 1. The minimum absolute atomic E-state index is 0.101. The zero-order valence-corrected chi connectivity index (χ0v) is 16.0. The Hall–Kier alpha value is -1.48. The van der Waals surface area contributed by atoms with Gasteiger partial charge in [0.15, 0.2) is 5.82 Å². The van der Waals surface area contributed by atoms with Crippen molar-refractivity contribution < 1.29 is 8.78 Å². The normalized spacial score (nSPS) is 20.3. The van der Waals surface area contributed by atoms with E-state index in [-0.39, 0.29) is 11.1 Å². The van der Waals surface area contributed by atoms with Crippen molar-refractivity contribution in [1.82, 2.24) is 4.98 Å². The van der Waals surface area contributed by atoms with Gasteiger partial charge in [-0.15, -0.1) is 0 Å². The van der Waals surface area contributed by atoms with E-state index in [1.165, 1.54) is 36.5 Å². The van der Waals surface area contributed by atoms with Crippen molar-refractivity contribution in [3.8, 4) is 0 Å². The lowest BCUT2D eigenvalue weighted by molar-refractivity contribution is 0.392. The van der Waals surface area contributed by atoms with E-state index < -0.39 is 11.8 Å². The van der Waals surface area contributed by atoms with Crippen LogP contribution in [0.25, 0.3) is 0 Å². The lowest BCUT2D eigenvalue weighted by Crippen LogP contribution is -2.13. The molecule has 1 aromatic carbocycles. The van der Waals surface area contributed by atoms with Crippen LogP contribution in [-0.2, 0) is 6.42 Å². The standard InChI is InChI=1S/C22H26ClF2N/c1-2-3-4-5-15-6-8-16(9-7-15)17-10-12-18(13-11-17)19-14-20(24)22(25)26-21(19)23/h6-9,14,17-18H,2-5,10-13H2,1H3/t17-,18-. The van der Waals surface area contributed by atoms with Gasteiger partial charge in [0, 0.05) is 0 Å². The Balaban J connectivity index is 1.59. The summed E-state index contributed by atoms with van der Waals surface area (Å²) in [6, 6.07) is 10.3. The second-order valence-corrected chi connectivity index (χ2v) is 7.75. The Morgan fingerprint density at radius 2 is 1.65 bits per heavy atom. The van der Waals surface area contributed by atoms with Gasteiger partial charge < -0.3 is 0 Å². The summed E-state index contributed by atoms with van der Waals surface area (Å²) in [5, 5.41) is 0.101. The van der Waals surface area contributed by atoms with Crippen LogP contribution in [0, 0.1) is 11.8 Å². The number of rotatable bonds is 6. The van der Waals surface area contributed by atoms with Crippen LogP contribution in [0.5, 0.6) is 0 Å². The predicted octanol–water partition coefficient (Wildman–Crippen LogP) is 7.19. The first-order valence-corrected chi connectivity index (χ1v) is 10.1. The van der Waals surface area contributed by atoms with Crippen LogP contribution in [0.2, 0.25) is 5.15 Å². The van der Waals surface area contributed by atoms with E-state index in [1.807, 2.05) is 0 Å². The van der Waals surface area contributed by atoms with Crippen LogP contribution in [0.15, 0.2) is 30.3 Å². The molecular weight excluding hydrogens is 352 g/mol. The number of unbranched alkanes of at least 4 members (excludes halogenated alkanes) is 2. The van der Waals surface area contributed by atoms with Crippen molar-refractivity contribution in [1.29, 1.82) is 0 Å². The van der Waals surface area contributed by atoms with Gasteiger partial charge in [-0.2, -0.15) is 4.39 Å². The van der Waals surface area contributed by atoms with Gasteiger partial charge in [0.25, 0.3) is 0 Å². The van der Waals surface area contributed by atoms with Gasteiger partial charge in [0.1, 0.15) is 5.15 Å². The number of nitrogens with zero attached hydrogens (tertiary/aromatic N) is 1. The molecule has 0 spiro atoms. The van der Waals surface area contributed by atoms with Crippen molar-refractivity contribution >= 4 is 11.6 Å². The molecule has 0 N–H and O–H groups in total. The maximum atomic E-state index is 13.5. The zero-order chi connectivity index (χ0) is 18.5. The molecule has 2 aromatic rings. The molecule has 0 unspecified atom stereocenters. The molecule has 1 nitrogen and oxygen atoms in total. The van der Waals surface area contributed by atoms with Crippen molar-refractivity contribution in [2.45, 2.75) is 70.1 Å². The fourth-order valence-corrected chi connectivity index (χ4v) is 4.30. The number of halogens is 3. The summed E-state index contributed by atoms with van der Waals surface area (Å²) in [4.78, 5) is 3.49. The molecule has 1 saturated carbocycles. The van der Waals surface area contributed by atoms with Crippen LogP contribution >= 0.6 is 11.6 Å². The quantitative estimate of drug-likeness (QED) is 0.383. The number of benzene rings is 1. The zero-order valence-electron chi connectivity index (χ0n) is 15.3. The third-order valence-corrected chi connectivity index (χ3v) is 5.90. The fourth-order valence-electron chi connectivity index (χ4n) is 4.02. The van der Waals surface area contributed by atoms with Crippen molar-refractivity contribution in [3.63, 3.8) is 0 Å². The second kappa shape index (κ2) is 8.94. The van der Waals surface area contributed by atoms with E-state index in [0.29, 0.717) is 11.5 Å². The average Bonchev–Trinajstić information content (AvgIpc) is 2.66. The first kappa shape index (κ1) is 19.3. The topological polar surface area (TPSA) is 12.9 Å². The molecule has 0 saturated heterocycles. The van der Waals surface area contributed by atoms with Crippen molar-refractivity contribution in [2.75, 3.05) is 0 Å². The SMILES string of the molecule is CCCCCc1ccc([C@H]2CC[C@H](c3cc(F)c(F)nc3Cl)CC2)cc1. The van der Waals surface area contributed by atoms with Crippen LogP contribution in [-0.4, -0.2) is 4.98 Å². The monoisotopic (exact) mass is 377 g/mol. The lowest BCUT2D eigenvalue weighted by Gasteiger charge is -2.29. The molecule has 0 amide bonds. The van der Waals surface area contributed by atoms with Gasteiger partial charge in [-0.05, 0) is 73.1 Å². The molecule has 1 aliphatic rings. The molecule has 1 heterocycles. The minimum Gasteiger partial charge on any atom is -0.205 e. The highest BCUT2D eigenvalue weighted by atomic mass is 35.5. The molecule has 3 rings (SSSR count). The highest BCUT2D eigenvalue weighted by molar-refractivity contribution is 6.30. The van der Waals surface area contributed by atoms with Crippen molar-refractivity contribution in [2.24, 2.45) is 0 Å². The highest BCUT2D eigenvalue weighted by Crippen LogP contribution is 2.42. The van der Waals surface area contributed by atoms with Gasteiger partial charge in [0.05, 0.1) is 0 Å². The minimum atomic E-state index is -1.12. The second-order valence-electron chi connectivity index (χ2n) is 7.39. The van der Waals surface area contributed by atoms with E-state index in [4.69, 9.17) is 11.6 Å². The van der Waals surface area contributed by atoms with Gasteiger partial charge in [-0.1, -0.05) is 55.6 Å². The van der Waals surface area contributed by atoms with Crippen LogP contribution < -0.4 is 0 Å². The molecule has 1 aromatic heterocycles. The first-order valence-electron chi connectivity index (χ1n) is 9.68. The van der Waals surface area contributed by atoms with E-state index in [9.17, 15) is 8.78 Å². The molecular formula is C22H26ClF2N. The number of aryl methyl sites for hydroxylation is 1. The summed E-state index contributed by atoms with van der Waals surface area (Å²) in [6.45, 7) is 2.23. The highest BCUT2D eigenvalue weighted by Gasteiger charge is 2.26. The molecule has 0 atom stereocenters. The Labute approximate surface area is 159 Å². The van der Waals surface area contributed by atoms with E-state index in [0.717, 1.165) is 32.1 Å². The number of aromatic nitrogens is 1. The summed E-state index contributed by atoms with van der Waals surface area (Å²) in [5.41, 5.74) is 3.45. The first-order chi connectivity index (χ1) is 12.6. The van der Waals surface area contributed by atoms with Crippen LogP contribution in [0.4, 0.5) is 8.78 Å². The fraction of sp³-hybridized carbons (Fsp3) is 0.500. The molecule has 0 bridgehead atoms. The summed E-state index contributed by atoms with van der Waals surface area (Å²) >= 11 is 6.04.